The molecule has 0 spiro atoms. The van der Waals surface area contributed by atoms with Gasteiger partial charge >= 0.3 is 0 Å². The molecule has 1 heteroatoms. The molecule has 0 aliphatic heterocycles. The molecule has 0 radical (unpaired) electrons. The predicted octanol–water partition coefficient (Wildman–Crippen LogP) is 6.92. The molecule has 1 heterocycles. The fourth-order valence-corrected chi connectivity index (χ4v) is 2.98. The van der Waals surface area contributed by atoms with Crippen molar-refractivity contribution in [2.24, 2.45) is 0 Å². The van der Waals surface area contributed by atoms with E-state index in [9.17, 15) is 0 Å². The minimum absolute atomic E-state index is 0.0650. The Morgan fingerprint density at radius 1 is 0.680 bits per heavy atom. The van der Waals surface area contributed by atoms with Crippen LogP contribution in [-0.2, 0) is 0 Å². The van der Waals surface area contributed by atoms with Crippen molar-refractivity contribution in [1.29, 1.82) is 0 Å². The third kappa shape index (κ3) is 2.33. The molecule has 118 valence electrons. The number of benzene rings is 4. The van der Waals surface area contributed by atoms with Crippen LogP contribution in [0.5, 0.6) is 0 Å². The van der Waals surface area contributed by atoms with Crippen LogP contribution in [0.1, 0.15) is 12.3 Å². The highest BCUT2D eigenvalue weighted by Gasteiger charge is 2.13. The van der Waals surface area contributed by atoms with Crippen LogP contribution in [0.25, 0.3) is 44.2 Å². The van der Waals surface area contributed by atoms with E-state index in [1.807, 2.05) is 30.3 Å². The molecule has 0 aliphatic carbocycles. The molecule has 0 N–H and O–H groups in total. The molecular weight excluding hydrogens is 304 g/mol. The molecule has 1 nitrogen and oxygen atoms in total. The molecule has 0 atom stereocenters. The van der Waals surface area contributed by atoms with Gasteiger partial charge in [-0.3, -0.25) is 0 Å². The summed E-state index contributed by atoms with van der Waals surface area (Å²) in [7, 11) is 0. The van der Waals surface area contributed by atoms with E-state index in [1.54, 1.807) is 12.1 Å². The van der Waals surface area contributed by atoms with Gasteiger partial charge in [-0.1, -0.05) is 84.7 Å². The van der Waals surface area contributed by atoms with Crippen molar-refractivity contribution in [3.05, 3.63) is 96.8 Å². The lowest BCUT2D eigenvalue weighted by molar-refractivity contribution is 0.632. The van der Waals surface area contributed by atoms with E-state index >= 15 is 0 Å². The maximum atomic E-state index is 8.58. The van der Waals surface area contributed by atoms with Crippen LogP contribution in [0.4, 0.5) is 0 Å². The van der Waals surface area contributed by atoms with E-state index in [4.69, 9.17) is 16.8 Å². The molecule has 0 unspecified atom stereocenters. The number of hydrogen-bond acceptors (Lipinski definition) is 1. The molecule has 0 bridgehead atoms. The molecule has 5 rings (SSSR count). The second kappa shape index (κ2) is 5.64. The highest BCUT2D eigenvalue weighted by atomic mass is 16.3. The third-order valence-corrected chi connectivity index (χ3v) is 4.11. The second-order valence-corrected chi connectivity index (χ2v) is 5.56. The molecular formula is C24H16O. The van der Waals surface area contributed by atoms with Crippen LogP contribution in [0, 0.1) is 0 Å². The van der Waals surface area contributed by atoms with Gasteiger partial charge < -0.3 is 4.42 Å². The van der Waals surface area contributed by atoms with E-state index in [2.05, 4.69) is 0 Å². The molecule has 0 aliphatic rings. The van der Waals surface area contributed by atoms with Crippen molar-refractivity contribution in [2.45, 2.75) is 0 Å². The molecule has 0 amide bonds. The van der Waals surface area contributed by atoms with E-state index in [1.165, 1.54) is 0 Å². The Morgan fingerprint density at radius 2 is 1.44 bits per heavy atom. The summed E-state index contributed by atoms with van der Waals surface area (Å²) in [6.07, 6.45) is 0. The van der Waals surface area contributed by atoms with Gasteiger partial charge in [-0.15, -0.1) is 0 Å². The summed E-state index contributed by atoms with van der Waals surface area (Å²) in [4.78, 5) is 0. The van der Waals surface area contributed by atoms with Crippen LogP contribution in [-0.4, -0.2) is 0 Å². The highest BCUT2D eigenvalue weighted by molar-refractivity contribution is 6.07. The Hall–Kier alpha value is -3.32. The Balaban J connectivity index is 1.94. The van der Waals surface area contributed by atoms with Gasteiger partial charge in [0.15, 0.2) is 0 Å². The summed E-state index contributed by atoms with van der Waals surface area (Å²) in [5.41, 5.74) is -0.0809. The lowest BCUT2D eigenvalue weighted by Gasteiger charge is -2.07. The standard InChI is InChI=1S/C24H16O/c1-2-8-17(9-3-1)19-11-6-7-13-21(19)24-16-22-20-12-5-4-10-18(20)14-15-23(22)25-24/h1-16H/i1D,2D,3D,6D,7D,8D,9D,11D,13D. The van der Waals surface area contributed by atoms with Gasteiger partial charge in [0.2, 0.25) is 0 Å². The molecule has 4 aromatic carbocycles. The van der Waals surface area contributed by atoms with Crippen LogP contribution in [0.2, 0.25) is 0 Å². The largest absolute Gasteiger partial charge is 0.456 e. The van der Waals surface area contributed by atoms with Crippen molar-refractivity contribution < 1.29 is 16.8 Å². The maximum absolute atomic E-state index is 8.58. The van der Waals surface area contributed by atoms with Gasteiger partial charge in [0.1, 0.15) is 11.3 Å². The van der Waals surface area contributed by atoms with Crippen LogP contribution < -0.4 is 0 Å². The van der Waals surface area contributed by atoms with Crippen LogP contribution in [0.3, 0.4) is 0 Å². The Bertz CT molecular complexity index is 1620. The van der Waals surface area contributed by atoms with Gasteiger partial charge in [-0.25, -0.2) is 0 Å². The number of fused-ring (bicyclic) bond motifs is 3. The van der Waals surface area contributed by atoms with Gasteiger partial charge in [-0.05, 0) is 34.0 Å². The summed E-state index contributed by atoms with van der Waals surface area (Å²) < 4.78 is 80.2. The van der Waals surface area contributed by atoms with Crippen LogP contribution in [0.15, 0.2) is 101 Å². The quantitative estimate of drug-likeness (QED) is 0.342. The first-order chi connectivity index (χ1) is 16.1. The zero-order valence-corrected chi connectivity index (χ0v) is 12.9. The van der Waals surface area contributed by atoms with Crippen molar-refractivity contribution in [2.75, 3.05) is 0 Å². The fourth-order valence-electron chi connectivity index (χ4n) is 2.98. The summed E-state index contributed by atoms with van der Waals surface area (Å²) in [5.74, 6) is 0.111. The minimum Gasteiger partial charge on any atom is -0.456 e. The summed E-state index contributed by atoms with van der Waals surface area (Å²) in [6.45, 7) is 0. The Labute approximate surface area is 158 Å². The van der Waals surface area contributed by atoms with E-state index < -0.39 is 54.4 Å². The van der Waals surface area contributed by atoms with Gasteiger partial charge in [0.25, 0.3) is 0 Å². The first kappa shape index (κ1) is 7.71. The number of rotatable bonds is 2. The summed E-state index contributed by atoms with van der Waals surface area (Å²) >= 11 is 0. The Morgan fingerprint density at radius 3 is 2.32 bits per heavy atom. The van der Waals surface area contributed by atoms with E-state index in [0.717, 1.165) is 16.2 Å². The van der Waals surface area contributed by atoms with Crippen molar-refractivity contribution in [1.82, 2.24) is 0 Å². The lowest BCUT2D eigenvalue weighted by Crippen LogP contribution is -1.82. The smallest absolute Gasteiger partial charge is 0.136 e. The van der Waals surface area contributed by atoms with E-state index in [-0.39, 0.29) is 22.5 Å². The third-order valence-electron chi connectivity index (χ3n) is 4.11. The topological polar surface area (TPSA) is 13.1 Å². The van der Waals surface area contributed by atoms with Crippen molar-refractivity contribution in [3.8, 4) is 22.5 Å². The molecule has 25 heavy (non-hydrogen) atoms. The maximum Gasteiger partial charge on any atom is 0.136 e. The second-order valence-electron chi connectivity index (χ2n) is 5.56. The average Bonchev–Trinajstić information content (AvgIpc) is 3.27. The van der Waals surface area contributed by atoms with Gasteiger partial charge in [-0.2, -0.15) is 0 Å². The fraction of sp³-hybridized carbons (Fsp3) is 0. The van der Waals surface area contributed by atoms with Gasteiger partial charge in [0, 0.05) is 10.9 Å². The predicted molar refractivity (Wildman–Crippen MR) is 105 cm³/mol. The Kier molecular flexibility index (Phi) is 1.74. The summed E-state index contributed by atoms with van der Waals surface area (Å²) in [5, 5.41) is 2.58. The number of furan rings is 1. The van der Waals surface area contributed by atoms with Crippen molar-refractivity contribution in [3.63, 3.8) is 0 Å². The van der Waals surface area contributed by atoms with Crippen molar-refractivity contribution >= 4 is 21.7 Å². The molecule has 5 aromatic rings. The molecule has 0 saturated heterocycles. The zero-order chi connectivity index (χ0) is 24.5. The van der Waals surface area contributed by atoms with Crippen LogP contribution >= 0.6 is 0 Å². The normalized spacial score (nSPS) is 16.2. The molecule has 0 saturated carbocycles. The summed E-state index contributed by atoms with van der Waals surface area (Å²) in [6, 6.07) is 8.02. The lowest BCUT2D eigenvalue weighted by atomic mass is 9.98. The highest BCUT2D eigenvalue weighted by Crippen LogP contribution is 2.37. The monoisotopic (exact) mass is 329 g/mol. The number of hydrogen-bond donors (Lipinski definition) is 0. The zero-order valence-electron chi connectivity index (χ0n) is 21.9. The first-order valence-electron chi connectivity index (χ1n) is 12.2. The average molecular weight is 329 g/mol. The SMILES string of the molecule is [2H]c1c([2H])c([2H])c(-c2c([2H])c([2H])c([2H])c([2H])c2-c2cc3c(ccc4ccccc43)o2)c([2H])c1[2H]. The molecule has 0 fully saturated rings. The van der Waals surface area contributed by atoms with E-state index in [0.29, 0.717) is 5.58 Å². The molecule has 1 aromatic heterocycles. The first-order valence-corrected chi connectivity index (χ1v) is 7.72. The van der Waals surface area contributed by atoms with Gasteiger partial charge in [0.05, 0.1) is 12.3 Å². The minimum atomic E-state index is -0.593.